The van der Waals surface area contributed by atoms with E-state index >= 15 is 0 Å². The van der Waals surface area contributed by atoms with Crippen molar-refractivity contribution >= 4 is 39.0 Å². The molecule has 0 unspecified atom stereocenters. The molecule has 2 aliphatic heterocycles. The summed E-state index contributed by atoms with van der Waals surface area (Å²) in [4.78, 5) is 19.3. The van der Waals surface area contributed by atoms with E-state index in [9.17, 15) is 13.2 Å². The minimum atomic E-state index is -3.64. The van der Waals surface area contributed by atoms with Crippen LogP contribution < -0.4 is 10.2 Å². The first-order valence-corrected chi connectivity index (χ1v) is 11.7. The molecule has 0 saturated carbocycles. The van der Waals surface area contributed by atoms with Crippen molar-refractivity contribution in [1.29, 1.82) is 0 Å². The molecule has 2 saturated heterocycles. The number of anilines is 2. The number of halogens is 1. The predicted octanol–water partition coefficient (Wildman–Crippen LogP) is 2.61. The van der Waals surface area contributed by atoms with Crippen molar-refractivity contribution in [3.63, 3.8) is 0 Å². The molecule has 8 nitrogen and oxygen atoms in total. The average molecular weight is 451 g/mol. The van der Waals surface area contributed by atoms with Gasteiger partial charge < -0.3 is 15.0 Å². The highest BCUT2D eigenvalue weighted by Gasteiger charge is 2.28. The first kappa shape index (κ1) is 21.0. The number of carbonyl (C=O) groups is 1. The Balaban J connectivity index is 1.50. The molecule has 0 atom stereocenters. The number of nitrogens with zero attached hydrogens (tertiary/aromatic N) is 3. The number of sulfonamides is 1. The Hall–Kier alpha value is -2.20. The number of nitrogens with one attached hydrogen (secondary N) is 1. The Kier molecular flexibility index (Phi) is 6.24. The number of carbonyl (C=O) groups excluding carboxylic acids is 1. The van der Waals surface area contributed by atoms with Gasteiger partial charge in [-0.15, -0.1) is 0 Å². The normalized spacial score (nSPS) is 17.8. The Bertz CT molecular complexity index is 1020. The van der Waals surface area contributed by atoms with Crippen molar-refractivity contribution in [3.05, 3.63) is 47.1 Å². The first-order valence-electron chi connectivity index (χ1n) is 9.85. The van der Waals surface area contributed by atoms with E-state index in [1.807, 2.05) is 6.07 Å². The molecule has 1 amide bonds. The smallest absolute Gasteiger partial charge is 0.257 e. The molecule has 1 aromatic heterocycles. The molecule has 10 heteroatoms. The van der Waals surface area contributed by atoms with Crippen molar-refractivity contribution in [2.75, 3.05) is 49.6 Å². The van der Waals surface area contributed by atoms with Gasteiger partial charge >= 0.3 is 0 Å². The van der Waals surface area contributed by atoms with Crippen LogP contribution in [0.15, 0.2) is 41.4 Å². The maximum absolute atomic E-state index is 12.8. The van der Waals surface area contributed by atoms with Gasteiger partial charge in [-0.25, -0.2) is 13.4 Å². The number of aromatic nitrogens is 1. The summed E-state index contributed by atoms with van der Waals surface area (Å²) in [6.45, 7) is 3.85. The highest BCUT2D eigenvalue weighted by molar-refractivity contribution is 7.89. The second-order valence-corrected chi connectivity index (χ2v) is 9.56. The number of benzene rings is 1. The topological polar surface area (TPSA) is 91.8 Å². The van der Waals surface area contributed by atoms with Gasteiger partial charge in [0.1, 0.15) is 5.82 Å². The molecular weight excluding hydrogens is 428 g/mol. The standard InChI is InChI=1S/C20H23ClN4O4S/c21-18-5-4-16(30(27,28)25-7-1-2-8-25)13-17(18)20(26)23-15-3-6-19(22-14-15)24-9-11-29-12-10-24/h3-6,13-14H,1-2,7-12H2,(H,23,26). The highest BCUT2D eigenvalue weighted by atomic mass is 35.5. The van der Waals surface area contributed by atoms with Crippen LogP contribution in [0.1, 0.15) is 23.2 Å². The Morgan fingerprint density at radius 2 is 1.80 bits per heavy atom. The van der Waals surface area contributed by atoms with Gasteiger partial charge in [0.05, 0.1) is 40.6 Å². The zero-order valence-corrected chi connectivity index (χ0v) is 18.0. The van der Waals surface area contributed by atoms with E-state index in [2.05, 4.69) is 15.2 Å². The first-order chi connectivity index (χ1) is 14.4. The van der Waals surface area contributed by atoms with Gasteiger partial charge in [-0.1, -0.05) is 11.6 Å². The fraction of sp³-hybridized carbons (Fsp3) is 0.400. The SMILES string of the molecule is O=C(Nc1ccc(N2CCOCC2)nc1)c1cc(S(=O)(=O)N2CCCC2)ccc1Cl. The summed E-state index contributed by atoms with van der Waals surface area (Å²) in [7, 11) is -3.64. The molecule has 0 bridgehead atoms. The van der Waals surface area contributed by atoms with E-state index in [1.165, 1.54) is 22.5 Å². The molecule has 0 radical (unpaired) electrons. The molecule has 4 rings (SSSR count). The lowest BCUT2D eigenvalue weighted by atomic mass is 10.2. The lowest BCUT2D eigenvalue weighted by molar-refractivity contribution is 0.102. The summed E-state index contributed by atoms with van der Waals surface area (Å²) >= 11 is 6.19. The Labute approximate surface area is 180 Å². The van der Waals surface area contributed by atoms with E-state index in [0.29, 0.717) is 32.0 Å². The van der Waals surface area contributed by atoms with E-state index in [1.54, 1.807) is 12.3 Å². The van der Waals surface area contributed by atoms with Crippen molar-refractivity contribution in [3.8, 4) is 0 Å². The second-order valence-electron chi connectivity index (χ2n) is 7.21. The van der Waals surface area contributed by atoms with E-state index in [0.717, 1.165) is 31.7 Å². The van der Waals surface area contributed by atoms with Crippen LogP contribution in [0.3, 0.4) is 0 Å². The zero-order valence-electron chi connectivity index (χ0n) is 16.4. The van der Waals surface area contributed by atoms with Gasteiger partial charge in [0.15, 0.2) is 0 Å². The number of pyridine rings is 1. The van der Waals surface area contributed by atoms with Crippen molar-refractivity contribution in [2.24, 2.45) is 0 Å². The quantitative estimate of drug-likeness (QED) is 0.752. The number of morpholine rings is 1. The molecule has 1 N–H and O–H groups in total. The van der Waals surface area contributed by atoms with Gasteiger partial charge in [-0.2, -0.15) is 4.31 Å². The highest BCUT2D eigenvalue weighted by Crippen LogP contribution is 2.26. The van der Waals surface area contributed by atoms with Gasteiger partial charge in [0, 0.05) is 26.2 Å². The minimum Gasteiger partial charge on any atom is -0.378 e. The third-order valence-electron chi connectivity index (χ3n) is 5.23. The second kappa shape index (κ2) is 8.89. The van der Waals surface area contributed by atoms with Crippen LogP contribution in [0.25, 0.3) is 0 Å². The summed E-state index contributed by atoms with van der Waals surface area (Å²) in [5.74, 6) is 0.326. The molecule has 30 heavy (non-hydrogen) atoms. The van der Waals surface area contributed by atoms with E-state index in [4.69, 9.17) is 16.3 Å². The fourth-order valence-electron chi connectivity index (χ4n) is 3.55. The van der Waals surface area contributed by atoms with Gasteiger partial charge in [-0.3, -0.25) is 4.79 Å². The van der Waals surface area contributed by atoms with E-state index < -0.39 is 15.9 Å². The van der Waals surface area contributed by atoms with Crippen LogP contribution in [-0.4, -0.2) is 63.0 Å². The summed E-state index contributed by atoms with van der Waals surface area (Å²) < 4.78 is 32.4. The molecule has 0 spiro atoms. The van der Waals surface area contributed by atoms with Crippen LogP contribution in [0.2, 0.25) is 5.02 Å². The molecule has 0 aliphatic carbocycles. The van der Waals surface area contributed by atoms with Gasteiger partial charge in [0.25, 0.3) is 5.91 Å². The largest absolute Gasteiger partial charge is 0.378 e. The number of ether oxygens (including phenoxy) is 1. The predicted molar refractivity (Wildman–Crippen MR) is 115 cm³/mol. The fourth-order valence-corrected chi connectivity index (χ4v) is 5.30. The van der Waals surface area contributed by atoms with Gasteiger partial charge in [-0.05, 0) is 43.2 Å². The maximum Gasteiger partial charge on any atom is 0.257 e. The lowest BCUT2D eigenvalue weighted by Crippen LogP contribution is -2.36. The minimum absolute atomic E-state index is 0.0692. The number of hydrogen-bond donors (Lipinski definition) is 1. The molecule has 1 aromatic carbocycles. The average Bonchev–Trinajstić information content (AvgIpc) is 3.31. The van der Waals surface area contributed by atoms with Crippen molar-refractivity contribution in [2.45, 2.75) is 17.7 Å². The number of rotatable bonds is 5. The molecule has 3 heterocycles. The van der Waals surface area contributed by atoms with Crippen LogP contribution in [0.4, 0.5) is 11.5 Å². The third-order valence-corrected chi connectivity index (χ3v) is 7.45. The van der Waals surface area contributed by atoms with Crippen LogP contribution in [0.5, 0.6) is 0 Å². The zero-order chi connectivity index (χ0) is 21.1. The Morgan fingerprint density at radius 1 is 1.07 bits per heavy atom. The van der Waals surface area contributed by atoms with E-state index in [-0.39, 0.29) is 15.5 Å². The Morgan fingerprint density at radius 3 is 2.47 bits per heavy atom. The third kappa shape index (κ3) is 4.44. The number of hydrogen-bond acceptors (Lipinski definition) is 6. The van der Waals surface area contributed by atoms with Crippen LogP contribution >= 0.6 is 11.6 Å². The van der Waals surface area contributed by atoms with Gasteiger partial charge in [0.2, 0.25) is 10.0 Å². The van der Waals surface area contributed by atoms with Crippen LogP contribution in [0, 0.1) is 0 Å². The summed E-state index contributed by atoms with van der Waals surface area (Å²) in [6, 6.07) is 7.80. The number of amides is 1. The molecule has 2 aliphatic rings. The lowest BCUT2D eigenvalue weighted by Gasteiger charge is -2.27. The van der Waals surface area contributed by atoms with Crippen LogP contribution in [-0.2, 0) is 14.8 Å². The molecule has 2 fully saturated rings. The summed E-state index contributed by atoms with van der Waals surface area (Å²) in [5.41, 5.74) is 0.607. The molecule has 160 valence electrons. The summed E-state index contributed by atoms with van der Waals surface area (Å²) in [6.07, 6.45) is 3.25. The van der Waals surface area contributed by atoms with Crippen molar-refractivity contribution < 1.29 is 17.9 Å². The maximum atomic E-state index is 12.8. The molecular formula is C20H23ClN4O4S. The van der Waals surface area contributed by atoms with Crippen molar-refractivity contribution in [1.82, 2.24) is 9.29 Å². The molecule has 2 aromatic rings. The summed E-state index contributed by atoms with van der Waals surface area (Å²) in [5, 5.41) is 2.93. The monoisotopic (exact) mass is 450 g/mol.